The van der Waals surface area contributed by atoms with Crippen LogP contribution in [0.5, 0.6) is 0 Å². The maximum atomic E-state index is 12.2. The zero-order valence-corrected chi connectivity index (χ0v) is 12.8. The van der Waals surface area contributed by atoms with Crippen molar-refractivity contribution >= 4 is 27.5 Å². The number of nitrogens with zero attached hydrogens (tertiary/aromatic N) is 1. The van der Waals surface area contributed by atoms with Crippen molar-refractivity contribution in [3.05, 3.63) is 23.8 Å². The van der Waals surface area contributed by atoms with Crippen molar-refractivity contribution in [2.45, 2.75) is 23.1 Å². The number of nitrogens with two attached hydrogens (primary N) is 1. The number of anilines is 1. The van der Waals surface area contributed by atoms with Crippen molar-refractivity contribution in [3.63, 3.8) is 0 Å². The maximum Gasteiger partial charge on any atom is 0.242 e. The number of hydrogen-bond acceptors (Lipinski definition) is 6. The Morgan fingerprint density at radius 1 is 1.55 bits per heavy atom. The van der Waals surface area contributed by atoms with E-state index in [1.807, 2.05) is 6.07 Å². The van der Waals surface area contributed by atoms with Crippen LogP contribution in [0.15, 0.2) is 23.1 Å². The van der Waals surface area contributed by atoms with Gasteiger partial charge in [-0.25, -0.2) is 13.1 Å². The summed E-state index contributed by atoms with van der Waals surface area (Å²) in [5.41, 5.74) is 5.99. The molecule has 0 aliphatic rings. The highest BCUT2D eigenvalue weighted by atomic mass is 32.2. The summed E-state index contributed by atoms with van der Waals surface area (Å²) >= 11 is 1.37. The molecule has 20 heavy (non-hydrogen) atoms. The molecule has 0 bridgehead atoms. The largest absolute Gasteiger partial charge is 0.398 e. The molecule has 1 aromatic rings. The molecular weight excluding hydrogens is 298 g/mol. The lowest BCUT2D eigenvalue weighted by molar-refractivity contribution is 0.282. The minimum Gasteiger partial charge on any atom is -0.398 e. The molecule has 8 heteroatoms. The summed E-state index contributed by atoms with van der Waals surface area (Å²) in [7, 11) is -3.79. The fourth-order valence-corrected chi connectivity index (χ4v) is 3.79. The van der Waals surface area contributed by atoms with Gasteiger partial charge in [0.15, 0.2) is 0 Å². The third-order valence-corrected chi connectivity index (χ3v) is 5.61. The maximum absolute atomic E-state index is 12.2. The number of benzene rings is 1. The Morgan fingerprint density at radius 3 is 2.65 bits per heavy atom. The van der Waals surface area contributed by atoms with Crippen molar-refractivity contribution in [2.75, 3.05) is 18.6 Å². The highest BCUT2D eigenvalue weighted by Crippen LogP contribution is 2.21. The van der Waals surface area contributed by atoms with E-state index >= 15 is 0 Å². The molecule has 2 atom stereocenters. The van der Waals surface area contributed by atoms with Crippen LogP contribution in [0, 0.1) is 11.3 Å². The van der Waals surface area contributed by atoms with Gasteiger partial charge in [-0.1, -0.05) is 0 Å². The average molecular weight is 315 g/mol. The molecule has 0 aromatic heterocycles. The number of aliphatic hydroxyl groups excluding tert-OH is 1. The lowest BCUT2D eigenvalue weighted by Gasteiger charge is -2.21. The van der Waals surface area contributed by atoms with Crippen LogP contribution in [-0.2, 0) is 10.0 Å². The summed E-state index contributed by atoms with van der Waals surface area (Å²) in [5, 5.41) is 17.7. The van der Waals surface area contributed by atoms with Crippen LogP contribution in [0.3, 0.4) is 0 Å². The second-order valence-corrected chi connectivity index (χ2v) is 6.99. The molecule has 0 aliphatic carbocycles. The van der Waals surface area contributed by atoms with Gasteiger partial charge in [0.25, 0.3) is 0 Å². The van der Waals surface area contributed by atoms with E-state index in [0.29, 0.717) is 5.56 Å². The molecule has 0 aliphatic heterocycles. The third-order valence-electron chi connectivity index (χ3n) is 2.81. The summed E-state index contributed by atoms with van der Waals surface area (Å²) in [5.74, 6) is 0. The molecule has 6 nitrogen and oxygen atoms in total. The molecular formula is C12H17N3O3S2. The van der Waals surface area contributed by atoms with Gasteiger partial charge in [-0.15, -0.1) is 0 Å². The van der Waals surface area contributed by atoms with Gasteiger partial charge in [0.05, 0.1) is 23.9 Å². The molecule has 0 fully saturated rings. The lowest BCUT2D eigenvalue weighted by Crippen LogP contribution is -2.41. The predicted molar refractivity (Wildman–Crippen MR) is 79.7 cm³/mol. The van der Waals surface area contributed by atoms with Crippen molar-refractivity contribution in [1.82, 2.24) is 4.72 Å². The third kappa shape index (κ3) is 3.86. The molecule has 0 radical (unpaired) electrons. The molecule has 1 rings (SSSR count). The van der Waals surface area contributed by atoms with E-state index in [4.69, 9.17) is 11.0 Å². The first-order valence-corrected chi connectivity index (χ1v) is 8.58. The summed E-state index contributed by atoms with van der Waals surface area (Å²) in [6, 6.07) is 5.46. The topological polar surface area (TPSA) is 116 Å². The smallest absolute Gasteiger partial charge is 0.242 e. The van der Waals surface area contributed by atoms with Crippen molar-refractivity contribution in [1.29, 1.82) is 5.26 Å². The van der Waals surface area contributed by atoms with Gasteiger partial charge >= 0.3 is 0 Å². The van der Waals surface area contributed by atoms with E-state index in [0.717, 1.165) is 0 Å². The molecule has 2 unspecified atom stereocenters. The zero-order chi connectivity index (χ0) is 15.3. The molecule has 4 N–H and O–H groups in total. The van der Waals surface area contributed by atoms with Gasteiger partial charge in [0.2, 0.25) is 10.0 Å². The second-order valence-electron chi connectivity index (χ2n) is 4.23. The van der Waals surface area contributed by atoms with Gasteiger partial charge in [-0.3, -0.25) is 0 Å². The Labute approximate surface area is 123 Å². The Balaban J connectivity index is 3.03. The van der Waals surface area contributed by atoms with E-state index in [-0.39, 0.29) is 22.4 Å². The Bertz CT molecular complexity index is 607. The fraction of sp³-hybridized carbons (Fsp3) is 0.417. The Morgan fingerprint density at radius 2 is 2.20 bits per heavy atom. The number of nitrogen functional groups attached to an aromatic ring is 1. The van der Waals surface area contributed by atoms with E-state index in [1.54, 1.807) is 13.2 Å². The van der Waals surface area contributed by atoms with E-state index < -0.39 is 16.1 Å². The van der Waals surface area contributed by atoms with Crippen LogP contribution >= 0.6 is 11.8 Å². The summed E-state index contributed by atoms with van der Waals surface area (Å²) in [6.07, 6.45) is 1.79. The predicted octanol–water partition coefficient (Wildman–Crippen LogP) is 0.531. The average Bonchev–Trinajstić information content (AvgIpc) is 2.38. The number of nitrogens with one attached hydrogen (secondary N) is 1. The molecule has 0 spiro atoms. The molecule has 0 saturated heterocycles. The lowest BCUT2D eigenvalue weighted by atomic mass is 10.2. The van der Waals surface area contributed by atoms with Crippen LogP contribution in [0.4, 0.5) is 5.69 Å². The van der Waals surface area contributed by atoms with Gasteiger partial charge in [0, 0.05) is 11.3 Å². The molecule has 110 valence electrons. The zero-order valence-electron chi connectivity index (χ0n) is 11.2. The van der Waals surface area contributed by atoms with Crippen LogP contribution in [-0.4, -0.2) is 37.7 Å². The Hall–Kier alpha value is -1.27. The first-order chi connectivity index (χ1) is 9.35. The second kappa shape index (κ2) is 6.95. The van der Waals surface area contributed by atoms with E-state index in [2.05, 4.69) is 4.72 Å². The van der Waals surface area contributed by atoms with Crippen LogP contribution in [0.25, 0.3) is 0 Å². The van der Waals surface area contributed by atoms with E-state index in [1.165, 1.54) is 30.0 Å². The van der Waals surface area contributed by atoms with Gasteiger partial charge < -0.3 is 10.8 Å². The van der Waals surface area contributed by atoms with E-state index in [9.17, 15) is 13.5 Å². The number of nitriles is 1. The quantitative estimate of drug-likeness (QED) is 0.659. The minimum absolute atomic E-state index is 0.0217. The van der Waals surface area contributed by atoms with Crippen LogP contribution in [0.1, 0.15) is 12.5 Å². The van der Waals surface area contributed by atoms with Gasteiger partial charge in [0.1, 0.15) is 4.90 Å². The van der Waals surface area contributed by atoms with Gasteiger partial charge in [-0.2, -0.15) is 17.0 Å². The summed E-state index contributed by atoms with van der Waals surface area (Å²) < 4.78 is 27.0. The summed E-state index contributed by atoms with van der Waals surface area (Å²) in [6.45, 7) is 1.54. The fourth-order valence-electron chi connectivity index (χ4n) is 1.68. The normalized spacial score (nSPS) is 14.5. The van der Waals surface area contributed by atoms with Crippen LogP contribution < -0.4 is 10.5 Å². The summed E-state index contributed by atoms with van der Waals surface area (Å²) in [4.78, 5) is -0.0684. The number of hydrogen-bond donors (Lipinski definition) is 3. The molecule has 0 heterocycles. The molecule has 1 aromatic carbocycles. The molecule has 0 amide bonds. The number of aliphatic hydroxyl groups is 1. The van der Waals surface area contributed by atoms with Crippen LogP contribution in [0.2, 0.25) is 0 Å². The van der Waals surface area contributed by atoms with Crippen molar-refractivity contribution < 1.29 is 13.5 Å². The highest BCUT2D eigenvalue weighted by Gasteiger charge is 2.24. The first kappa shape index (κ1) is 16.8. The first-order valence-electron chi connectivity index (χ1n) is 5.81. The molecule has 0 saturated carbocycles. The van der Waals surface area contributed by atoms with Crippen molar-refractivity contribution in [3.8, 4) is 6.07 Å². The minimum atomic E-state index is -3.79. The SMILES string of the molecule is CSC(CO)C(C)NS(=O)(=O)c1ccc(C#N)cc1N. The number of rotatable bonds is 6. The van der Waals surface area contributed by atoms with Gasteiger partial charge in [-0.05, 0) is 31.4 Å². The van der Waals surface area contributed by atoms with Crippen molar-refractivity contribution in [2.24, 2.45) is 0 Å². The monoisotopic (exact) mass is 315 g/mol. The number of sulfonamides is 1. The standard InChI is InChI=1S/C12H17N3O3S2/c1-8(11(7-16)19-2)15-20(17,18)12-4-3-9(6-13)5-10(12)14/h3-5,8,11,15-16H,7,14H2,1-2H3. The number of thioether (sulfide) groups is 1. The highest BCUT2D eigenvalue weighted by molar-refractivity contribution is 7.99. The Kier molecular flexibility index (Phi) is 5.83.